The normalized spacial score (nSPS) is 10.4. The van der Waals surface area contributed by atoms with Gasteiger partial charge in [-0.15, -0.1) is 0 Å². The number of unbranched alkanes of at least 4 members (excludes halogenated alkanes) is 9. The molecule has 0 spiro atoms. The molecule has 0 rings (SSSR count). The van der Waals surface area contributed by atoms with E-state index < -0.39 is 5.97 Å². The zero-order valence-electron chi connectivity index (χ0n) is 11.8. The van der Waals surface area contributed by atoms with Crippen molar-refractivity contribution in [3.63, 3.8) is 0 Å². The number of hydrogen-bond acceptors (Lipinski definition) is 3. The van der Waals surface area contributed by atoms with Crippen molar-refractivity contribution in [2.24, 2.45) is 5.84 Å². The molecule has 0 aromatic rings. The van der Waals surface area contributed by atoms with E-state index in [4.69, 9.17) is 10.9 Å². The van der Waals surface area contributed by atoms with Crippen molar-refractivity contribution in [1.82, 2.24) is 5.43 Å². The van der Waals surface area contributed by atoms with E-state index in [-0.39, 0.29) is 5.91 Å². The Bertz CT molecular complexity index is 245. The van der Waals surface area contributed by atoms with Gasteiger partial charge in [0.05, 0.1) is 0 Å². The molecule has 0 fully saturated rings. The predicted molar refractivity (Wildman–Crippen MR) is 75.4 cm³/mol. The molecule has 0 aromatic heterocycles. The zero-order chi connectivity index (χ0) is 14.3. The van der Waals surface area contributed by atoms with E-state index in [0.29, 0.717) is 12.8 Å². The summed E-state index contributed by atoms with van der Waals surface area (Å²) in [5, 5.41) is 8.48. The molecule has 0 atom stereocenters. The Kier molecular flexibility index (Phi) is 12.6. The average molecular weight is 272 g/mol. The lowest BCUT2D eigenvalue weighted by molar-refractivity contribution is -0.137. The number of carbonyl (C=O) groups excluding carboxylic acids is 1. The Morgan fingerprint density at radius 1 is 0.737 bits per heavy atom. The van der Waals surface area contributed by atoms with Gasteiger partial charge in [0.1, 0.15) is 0 Å². The van der Waals surface area contributed by atoms with Gasteiger partial charge in [-0.2, -0.15) is 0 Å². The second-order valence-electron chi connectivity index (χ2n) is 5.00. The van der Waals surface area contributed by atoms with Crippen LogP contribution in [0.2, 0.25) is 0 Å². The maximum absolute atomic E-state index is 10.8. The van der Waals surface area contributed by atoms with Gasteiger partial charge >= 0.3 is 5.97 Å². The second-order valence-corrected chi connectivity index (χ2v) is 5.00. The number of rotatable bonds is 13. The van der Waals surface area contributed by atoms with Crippen molar-refractivity contribution in [3.05, 3.63) is 0 Å². The molecule has 112 valence electrons. The van der Waals surface area contributed by atoms with Crippen LogP contribution in [-0.4, -0.2) is 17.0 Å². The molecule has 5 heteroatoms. The van der Waals surface area contributed by atoms with Crippen LogP contribution < -0.4 is 11.3 Å². The van der Waals surface area contributed by atoms with Crippen molar-refractivity contribution in [3.8, 4) is 0 Å². The molecule has 0 saturated heterocycles. The minimum atomic E-state index is -0.691. The van der Waals surface area contributed by atoms with Crippen molar-refractivity contribution in [2.45, 2.75) is 77.0 Å². The molecule has 0 aliphatic carbocycles. The highest BCUT2D eigenvalue weighted by atomic mass is 16.4. The molecule has 5 nitrogen and oxygen atoms in total. The van der Waals surface area contributed by atoms with Crippen molar-refractivity contribution < 1.29 is 14.7 Å². The lowest BCUT2D eigenvalue weighted by Crippen LogP contribution is -2.29. The smallest absolute Gasteiger partial charge is 0.303 e. The highest BCUT2D eigenvalue weighted by molar-refractivity contribution is 5.75. The fourth-order valence-electron chi connectivity index (χ4n) is 2.05. The quantitative estimate of drug-likeness (QED) is 0.208. The minimum Gasteiger partial charge on any atom is -0.481 e. The van der Waals surface area contributed by atoms with Crippen LogP contribution in [0.5, 0.6) is 0 Å². The van der Waals surface area contributed by atoms with Crippen LogP contribution in [0.1, 0.15) is 77.0 Å². The van der Waals surface area contributed by atoms with E-state index in [1.165, 1.54) is 32.1 Å². The van der Waals surface area contributed by atoms with Crippen LogP contribution in [0.15, 0.2) is 0 Å². The van der Waals surface area contributed by atoms with Crippen LogP contribution in [0, 0.1) is 0 Å². The Morgan fingerprint density at radius 2 is 1.11 bits per heavy atom. The van der Waals surface area contributed by atoms with Crippen LogP contribution in [-0.2, 0) is 9.59 Å². The van der Waals surface area contributed by atoms with Gasteiger partial charge in [-0.25, -0.2) is 5.84 Å². The number of aliphatic carboxylic acids is 1. The van der Waals surface area contributed by atoms with Crippen LogP contribution >= 0.6 is 0 Å². The number of hydrogen-bond donors (Lipinski definition) is 3. The lowest BCUT2D eigenvalue weighted by Gasteiger charge is -2.02. The summed E-state index contributed by atoms with van der Waals surface area (Å²) in [6.07, 6.45) is 11.9. The third-order valence-electron chi connectivity index (χ3n) is 3.21. The van der Waals surface area contributed by atoms with Gasteiger partial charge in [-0.1, -0.05) is 51.4 Å². The molecule has 0 unspecified atom stereocenters. The van der Waals surface area contributed by atoms with Gasteiger partial charge in [0, 0.05) is 12.8 Å². The molecule has 0 saturated carbocycles. The lowest BCUT2D eigenvalue weighted by atomic mass is 10.1. The molecule has 0 bridgehead atoms. The largest absolute Gasteiger partial charge is 0.481 e. The number of carboxylic acid groups (broad SMARTS) is 1. The predicted octanol–water partition coefficient (Wildman–Crippen LogP) is 2.74. The van der Waals surface area contributed by atoms with Crippen molar-refractivity contribution in [2.75, 3.05) is 0 Å². The topological polar surface area (TPSA) is 92.4 Å². The third-order valence-corrected chi connectivity index (χ3v) is 3.21. The van der Waals surface area contributed by atoms with E-state index in [9.17, 15) is 9.59 Å². The first-order chi connectivity index (χ1) is 9.16. The molecule has 1 amide bonds. The summed E-state index contributed by atoms with van der Waals surface area (Å²) in [6, 6.07) is 0. The van der Waals surface area contributed by atoms with E-state index in [1.54, 1.807) is 0 Å². The first kappa shape index (κ1) is 17.9. The first-order valence-electron chi connectivity index (χ1n) is 7.38. The summed E-state index contributed by atoms with van der Waals surface area (Å²) in [5.74, 6) is 4.21. The monoisotopic (exact) mass is 272 g/mol. The third kappa shape index (κ3) is 14.8. The molecule has 0 aliphatic rings. The zero-order valence-corrected chi connectivity index (χ0v) is 11.8. The van der Waals surface area contributed by atoms with E-state index >= 15 is 0 Å². The summed E-state index contributed by atoms with van der Waals surface area (Å²) < 4.78 is 0. The van der Waals surface area contributed by atoms with Gasteiger partial charge in [0.2, 0.25) is 5.91 Å². The maximum atomic E-state index is 10.8. The van der Waals surface area contributed by atoms with E-state index in [0.717, 1.165) is 32.1 Å². The summed E-state index contributed by atoms with van der Waals surface area (Å²) in [4.78, 5) is 21.1. The molecule has 19 heavy (non-hydrogen) atoms. The standard InChI is InChI=1S/C14H28N2O3/c15-16-13(17)11-9-7-5-3-1-2-4-6-8-10-12-14(18)19/h1-12,15H2,(H,16,17)(H,18,19). The highest BCUT2D eigenvalue weighted by Crippen LogP contribution is 2.11. The maximum Gasteiger partial charge on any atom is 0.303 e. The number of hydrazine groups is 1. The molecule has 0 aliphatic heterocycles. The molecule has 0 aromatic carbocycles. The van der Waals surface area contributed by atoms with Gasteiger partial charge in [-0.05, 0) is 12.8 Å². The SMILES string of the molecule is NNC(=O)CCCCCCCCCCCCC(=O)O. The Balaban J connectivity index is 3.03. The van der Waals surface area contributed by atoms with Gasteiger partial charge in [0.15, 0.2) is 0 Å². The number of carbonyl (C=O) groups is 2. The first-order valence-corrected chi connectivity index (χ1v) is 7.38. The average Bonchev–Trinajstić information content (AvgIpc) is 2.39. The van der Waals surface area contributed by atoms with Crippen LogP contribution in [0.25, 0.3) is 0 Å². The van der Waals surface area contributed by atoms with E-state index in [1.807, 2.05) is 0 Å². The molecule has 0 heterocycles. The molecule has 4 N–H and O–H groups in total. The highest BCUT2D eigenvalue weighted by Gasteiger charge is 1.98. The van der Waals surface area contributed by atoms with Gasteiger partial charge in [0.25, 0.3) is 0 Å². The summed E-state index contributed by atoms with van der Waals surface area (Å²) in [5.41, 5.74) is 2.13. The molecule has 0 radical (unpaired) electrons. The molecular weight excluding hydrogens is 244 g/mol. The summed E-state index contributed by atoms with van der Waals surface area (Å²) in [6.45, 7) is 0. The Labute approximate surface area is 115 Å². The summed E-state index contributed by atoms with van der Waals surface area (Å²) >= 11 is 0. The Morgan fingerprint density at radius 3 is 1.47 bits per heavy atom. The second kappa shape index (κ2) is 13.3. The Hall–Kier alpha value is -1.10. The fourth-order valence-corrected chi connectivity index (χ4v) is 2.05. The van der Waals surface area contributed by atoms with Crippen molar-refractivity contribution in [1.29, 1.82) is 0 Å². The van der Waals surface area contributed by atoms with Crippen LogP contribution in [0.3, 0.4) is 0 Å². The van der Waals surface area contributed by atoms with Gasteiger partial charge in [-0.3, -0.25) is 15.0 Å². The van der Waals surface area contributed by atoms with E-state index in [2.05, 4.69) is 5.43 Å². The minimum absolute atomic E-state index is 0.0821. The van der Waals surface area contributed by atoms with Crippen LogP contribution in [0.4, 0.5) is 0 Å². The number of carboxylic acids is 1. The van der Waals surface area contributed by atoms with Gasteiger partial charge < -0.3 is 5.11 Å². The van der Waals surface area contributed by atoms with Crippen molar-refractivity contribution >= 4 is 11.9 Å². The summed E-state index contributed by atoms with van der Waals surface area (Å²) in [7, 11) is 0. The number of amides is 1. The number of nitrogens with two attached hydrogens (primary N) is 1. The molecular formula is C14H28N2O3. The number of nitrogens with one attached hydrogen (secondary N) is 1. The fraction of sp³-hybridized carbons (Fsp3) is 0.857.